The Morgan fingerprint density at radius 2 is 2.15 bits per heavy atom. The lowest BCUT2D eigenvalue weighted by molar-refractivity contribution is -0.136. The highest BCUT2D eigenvalue weighted by Crippen LogP contribution is 2.46. The van der Waals surface area contributed by atoms with Crippen LogP contribution in [0.4, 0.5) is 0 Å². The second-order valence-corrected chi connectivity index (χ2v) is 9.41. The number of fused-ring (bicyclic) bond motifs is 1. The molecule has 3 aliphatic heterocycles. The number of hydrogen-bond donors (Lipinski definition) is 1. The van der Waals surface area contributed by atoms with Gasteiger partial charge in [-0.05, 0) is 49.6 Å². The maximum atomic E-state index is 13.0. The molecule has 1 fully saturated rings. The Hall–Kier alpha value is -2.58. The lowest BCUT2D eigenvalue weighted by Gasteiger charge is -2.37. The molecule has 1 amide bonds. The molecule has 3 heterocycles. The van der Waals surface area contributed by atoms with Crippen LogP contribution in [-0.4, -0.2) is 48.3 Å². The van der Waals surface area contributed by atoms with Crippen molar-refractivity contribution in [3.63, 3.8) is 0 Å². The molecule has 0 aliphatic carbocycles. The fraction of sp³-hybridized carbons (Fsp3) is 0.480. The Labute approximate surface area is 199 Å². The number of carbonyl (C=O) groups is 2. The van der Waals surface area contributed by atoms with E-state index in [0.29, 0.717) is 18.5 Å². The highest BCUT2D eigenvalue weighted by molar-refractivity contribution is 8.16. The number of aryl methyl sites for hydroxylation is 2. The summed E-state index contributed by atoms with van der Waals surface area (Å²) in [5.74, 6) is -0.456. The van der Waals surface area contributed by atoms with Crippen molar-refractivity contribution in [1.29, 1.82) is 0 Å². The second kappa shape index (κ2) is 10.1. The minimum absolute atomic E-state index is 0.0665. The molecule has 8 heteroatoms. The van der Waals surface area contributed by atoms with Crippen molar-refractivity contribution in [1.82, 2.24) is 10.2 Å². The van der Waals surface area contributed by atoms with Crippen molar-refractivity contribution >= 4 is 28.8 Å². The smallest absolute Gasteiger partial charge is 0.338 e. The van der Waals surface area contributed by atoms with Gasteiger partial charge in [-0.15, -0.1) is 0 Å². The number of aliphatic imine (C=N–C) groups is 1. The molecule has 176 valence electrons. The Morgan fingerprint density at radius 1 is 1.33 bits per heavy atom. The third kappa shape index (κ3) is 4.87. The molecule has 3 aliphatic rings. The molecule has 1 aromatic rings. The Balaban J connectivity index is 1.66. The molecular weight excluding hydrogens is 438 g/mol. The van der Waals surface area contributed by atoms with E-state index in [4.69, 9.17) is 14.5 Å². The van der Waals surface area contributed by atoms with Crippen molar-refractivity contribution in [2.45, 2.75) is 58.6 Å². The van der Waals surface area contributed by atoms with E-state index in [9.17, 15) is 9.59 Å². The zero-order valence-electron chi connectivity index (χ0n) is 19.6. The van der Waals surface area contributed by atoms with Crippen molar-refractivity contribution in [3.05, 3.63) is 57.3 Å². The van der Waals surface area contributed by atoms with Crippen LogP contribution in [0.25, 0.3) is 0 Å². The maximum Gasteiger partial charge on any atom is 0.338 e. The number of esters is 1. The molecule has 0 saturated carbocycles. The topological polar surface area (TPSA) is 80.2 Å². The van der Waals surface area contributed by atoms with Crippen LogP contribution in [0.3, 0.4) is 0 Å². The summed E-state index contributed by atoms with van der Waals surface area (Å²) in [7, 11) is 1.40. The lowest BCUT2D eigenvalue weighted by Crippen LogP contribution is -2.39. The zero-order chi connectivity index (χ0) is 23.5. The van der Waals surface area contributed by atoms with Gasteiger partial charge in [0.25, 0.3) is 0 Å². The van der Waals surface area contributed by atoms with Crippen molar-refractivity contribution < 1.29 is 19.1 Å². The van der Waals surface area contributed by atoms with E-state index in [0.717, 1.165) is 52.7 Å². The van der Waals surface area contributed by atoms with Crippen LogP contribution in [-0.2, 0) is 19.1 Å². The summed E-state index contributed by atoms with van der Waals surface area (Å²) in [4.78, 5) is 32.6. The van der Waals surface area contributed by atoms with E-state index in [-0.39, 0.29) is 24.4 Å². The fourth-order valence-electron chi connectivity index (χ4n) is 4.52. The lowest BCUT2D eigenvalue weighted by atomic mass is 9.89. The minimum Gasteiger partial charge on any atom is -0.466 e. The van der Waals surface area contributed by atoms with Crippen molar-refractivity contribution in [2.24, 2.45) is 4.99 Å². The van der Waals surface area contributed by atoms with Gasteiger partial charge in [0.1, 0.15) is 0 Å². The molecule has 0 unspecified atom stereocenters. The van der Waals surface area contributed by atoms with Crippen LogP contribution in [0.5, 0.6) is 0 Å². The first-order valence-corrected chi connectivity index (χ1v) is 12.3. The number of ether oxygens (including phenoxy) is 2. The predicted molar refractivity (Wildman–Crippen MR) is 130 cm³/mol. The number of thioether (sulfide) groups is 1. The Kier molecular flexibility index (Phi) is 7.24. The van der Waals surface area contributed by atoms with Crippen LogP contribution in [0.1, 0.15) is 55.3 Å². The van der Waals surface area contributed by atoms with Crippen LogP contribution < -0.4 is 5.32 Å². The van der Waals surface area contributed by atoms with Gasteiger partial charge in [-0.25, -0.2) is 9.79 Å². The first kappa shape index (κ1) is 23.6. The number of carbonyl (C=O) groups excluding carboxylic acids is 2. The number of rotatable bonds is 7. The Bertz CT molecular complexity index is 1040. The number of amidine groups is 1. The Morgan fingerprint density at radius 3 is 2.85 bits per heavy atom. The van der Waals surface area contributed by atoms with Gasteiger partial charge in [0, 0.05) is 18.8 Å². The van der Waals surface area contributed by atoms with Gasteiger partial charge in [-0.1, -0.05) is 42.4 Å². The average Bonchev–Trinajstić information content (AvgIpc) is 3.47. The van der Waals surface area contributed by atoms with E-state index in [1.54, 1.807) is 0 Å². The maximum absolute atomic E-state index is 13.0. The average molecular weight is 470 g/mol. The van der Waals surface area contributed by atoms with E-state index in [1.165, 1.54) is 18.9 Å². The molecule has 7 nitrogen and oxygen atoms in total. The van der Waals surface area contributed by atoms with E-state index in [1.807, 2.05) is 31.1 Å². The summed E-state index contributed by atoms with van der Waals surface area (Å²) in [6.07, 6.45) is 2.92. The third-order valence-electron chi connectivity index (χ3n) is 6.25. The standard InChI is InChI=1S/C25H31N3O4S/c1-5-20-22(24(30)31-4)23(19-11-15(2)8-9-16(19)3)28-17(14-33-25(28)27-20)12-21(29)26-13-18-7-6-10-32-18/h8-9,11,14,18,23H,5-7,10,12-13H2,1-4H3,(H,26,29)/t18-,23-/m1/s1. The molecule has 0 bridgehead atoms. The molecule has 0 aromatic heterocycles. The van der Waals surface area contributed by atoms with Gasteiger partial charge in [-0.2, -0.15) is 0 Å². The molecule has 1 saturated heterocycles. The molecule has 0 radical (unpaired) electrons. The zero-order valence-corrected chi connectivity index (χ0v) is 20.5. The number of hydrogen-bond acceptors (Lipinski definition) is 7. The predicted octanol–water partition coefficient (Wildman–Crippen LogP) is 4.13. The summed E-state index contributed by atoms with van der Waals surface area (Å²) in [6, 6.07) is 5.84. The SMILES string of the molecule is CCC1=C(C(=O)OC)[C@@H](c2cc(C)ccc2C)N2C(CC(=O)NC[C@H]3CCCO3)=CSC2=N1. The molecule has 33 heavy (non-hydrogen) atoms. The summed E-state index contributed by atoms with van der Waals surface area (Å²) in [6.45, 7) is 7.35. The summed E-state index contributed by atoms with van der Waals surface area (Å²) < 4.78 is 10.8. The first-order valence-electron chi connectivity index (χ1n) is 11.4. The van der Waals surface area contributed by atoms with Crippen LogP contribution >= 0.6 is 11.8 Å². The van der Waals surface area contributed by atoms with Gasteiger partial charge in [0.05, 0.1) is 36.9 Å². The number of nitrogens with zero attached hydrogens (tertiary/aromatic N) is 2. The minimum atomic E-state index is -0.396. The van der Waals surface area contributed by atoms with E-state index >= 15 is 0 Å². The van der Waals surface area contributed by atoms with Gasteiger partial charge in [0.2, 0.25) is 5.91 Å². The number of amides is 1. The third-order valence-corrected chi connectivity index (χ3v) is 7.14. The van der Waals surface area contributed by atoms with E-state index < -0.39 is 6.04 Å². The highest BCUT2D eigenvalue weighted by Gasteiger charge is 2.42. The summed E-state index contributed by atoms with van der Waals surface area (Å²) in [5.41, 5.74) is 5.28. The quantitative estimate of drug-likeness (QED) is 0.605. The monoisotopic (exact) mass is 469 g/mol. The fourth-order valence-corrected chi connectivity index (χ4v) is 5.46. The van der Waals surface area contributed by atoms with Crippen molar-refractivity contribution in [3.8, 4) is 0 Å². The number of methoxy groups -OCH3 is 1. The number of allylic oxidation sites excluding steroid dienone is 1. The van der Waals surface area contributed by atoms with Gasteiger partial charge in [0.15, 0.2) is 5.17 Å². The van der Waals surface area contributed by atoms with Crippen LogP contribution in [0.2, 0.25) is 0 Å². The van der Waals surface area contributed by atoms with Crippen LogP contribution in [0.15, 0.2) is 45.6 Å². The second-order valence-electron chi connectivity index (χ2n) is 8.58. The molecular formula is C25H31N3O4S. The van der Waals surface area contributed by atoms with Gasteiger partial charge in [-0.3, -0.25) is 4.79 Å². The summed E-state index contributed by atoms with van der Waals surface area (Å²) in [5, 5.41) is 5.76. The molecule has 1 aromatic carbocycles. The van der Waals surface area contributed by atoms with Gasteiger partial charge >= 0.3 is 5.97 Å². The van der Waals surface area contributed by atoms with E-state index in [2.05, 4.69) is 23.5 Å². The van der Waals surface area contributed by atoms with Gasteiger partial charge < -0.3 is 19.7 Å². The normalized spacial score (nSPS) is 22.1. The van der Waals surface area contributed by atoms with Crippen LogP contribution in [0, 0.1) is 13.8 Å². The molecule has 1 N–H and O–H groups in total. The van der Waals surface area contributed by atoms with Crippen molar-refractivity contribution in [2.75, 3.05) is 20.3 Å². The number of nitrogens with one attached hydrogen (secondary N) is 1. The highest BCUT2D eigenvalue weighted by atomic mass is 32.2. The first-order chi connectivity index (χ1) is 15.9. The number of benzene rings is 1. The molecule has 4 rings (SSSR count). The largest absolute Gasteiger partial charge is 0.466 e. The molecule has 2 atom stereocenters. The summed E-state index contributed by atoms with van der Waals surface area (Å²) >= 11 is 1.49. The molecule has 0 spiro atoms.